The van der Waals surface area contributed by atoms with E-state index in [1.54, 1.807) is 24.3 Å². The number of carbonyl (C=O) groups is 1. The number of alkyl halides is 3. The minimum Gasteiger partial charge on any atom is -0.457 e. The normalized spacial score (nSPS) is 15.1. The molecule has 0 saturated carbocycles. The van der Waals surface area contributed by atoms with Gasteiger partial charge in [-0.3, -0.25) is 0 Å². The lowest BCUT2D eigenvalue weighted by molar-refractivity contribution is -0.137. The summed E-state index contributed by atoms with van der Waals surface area (Å²) in [6.45, 7) is 0. The van der Waals surface area contributed by atoms with Crippen LogP contribution in [-0.4, -0.2) is 11.9 Å². The molecule has 0 atom stereocenters. The first-order valence-corrected chi connectivity index (χ1v) is 8.92. The van der Waals surface area contributed by atoms with Crippen molar-refractivity contribution in [3.05, 3.63) is 101 Å². The van der Waals surface area contributed by atoms with E-state index in [-0.39, 0.29) is 17.2 Å². The Morgan fingerprint density at radius 1 is 0.833 bits per heavy atom. The van der Waals surface area contributed by atoms with E-state index in [9.17, 15) is 18.0 Å². The Hall–Kier alpha value is -3.87. The smallest absolute Gasteiger partial charge is 0.416 e. The van der Waals surface area contributed by atoms with Crippen molar-refractivity contribution in [3.8, 4) is 11.5 Å². The van der Waals surface area contributed by atoms with Crippen LogP contribution in [0.1, 0.15) is 16.7 Å². The fraction of sp³-hybridized carbons (Fsp3) is 0.0435. The minimum absolute atomic E-state index is 0.0380. The monoisotopic (exact) mass is 409 g/mol. The van der Waals surface area contributed by atoms with Gasteiger partial charge in [0.1, 0.15) is 11.5 Å². The van der Waals surface area contributed by atoms with Gasteiger partial charge in [0.05, 0.1) is 5.56 Å². The zero-order chi connectivity index (χ0) is 21.1. The van der Waals surface area contributed by atoms with Gasteiger partial charge in [-0.2, -0.15) is 13.2 Å². The third-order valence-corrected chi connectivity index (χ3v) is 4.24. The van der Waals surface area contributed by atoms with Gasteiger partial charge in [-0.1, -0.05) is 30.3 Å². The van der Waals surface area contributed by atoms with Crippen LogP contribution in [0.15, 0.2) is 89.6 Å². The largest absolute Gasteiger partial charge is 0.457 e. The highest BCUT2D eigenvalue weighted by atomic mass is 19.4. The molecule has 4 nitrogen and oxygen atoms in total. The first-order chi connectivity index (χ1) is 14.4. The summed E-state index contributed by atoms with van der Waals surface area (Å²) < 4.78 is 48.9. The van der Waals surface area contributed by atoms with Crippen LogP contribution in [0.2, 0.25) is 0 Å². The molecule has 0 spiro atoms. The van der Waals surface area contributed by atoms with Crippen LogP contribution in [0.25, 0.3) is 6.08 Å². The van der Waals surface area contributed by atoms with E-state index in [1.165, 1.54) is 18.2 Å². The molecule has 0 N–H and O–H groups in total. The molecule has 3 aromatic rings. The maximum atomic E-state index is 12.7. The summed E-state index contributed by atoms with van der Waals surface area (Å²) in [5.41, 5.74) is 0.248. The first-order valence-electron chi connectivity index (χ1n) is 8.92. The number of ether oxygens (including phenoxy) is 2. The molecule has 1 aliphatic rings. The van der Waals surface area contributed by atoms with Crippen molar-refractivity contribution < 1.29 is 27.4 Å². The van der Waals surface area contributed by atoms with E-state index < -0.39 is 17.7 Å². The second-order valence-electron chi connectivity index (χ2n) is 6.40. The van der Waals surface area contributed by atoms with Gasteiger partial charge in [0, 0.05) is 5.56 Å². The van der Waals surface area contributed by atoms with Crippen molar-refractivity contribution in [2.75, 3.05) is 0 Å². The molecule has 0 bridgehead atoms. The standard InChI is InChI=1S/C23H14F3NO3/c24-23(25,26)17-10-8-16(9-11-17)21-27-20(22(28)30-21)14-15-6-12-19(13-7-15)29-18-4-2-1-3-5-18/h1-14H/b20-14+. The highest BCUT2D eigenvalue weighted by Gasteiger charge is 2.31. The summed E-state index contributed by atoms with van der Waals surface area (Å²) in [6.07, 6.45) is -2.90. The number of rotatable bonds is 4. The molecule has 0 saturated heterocycles. The number of nitrogens with zero attached hydrogens (tertiary/aromatic N) is 1. The van der Waals surface area contributed by atoms with Gasteiger partial charge in [0.15, 0.2) is 5.70 Å². The van der Waals surface area contributed by atoms with E-state index in [1.807, 2.05) is 30.3 Å². The predicted octanol–water partition coefficient (Wildman–Crippen LogP) is 5.84. The predicted molar refractivity (Wildman–Crippen MR) is 105 cm³/mol. The van der Waals surface area contributed by atoms with Crippen LogP contribution in [0.4, 0.5) is 13.2 Å². The van der Waals surface area contributed by atoms with Crippen molar-refractivity contribution in [3.63, 3.8) is 0 Å². The number of cyclic esters (lactones) is 1. The number of para-hydroxylation sites is 1. The highest BCUT2D eigenvalue weighted by molar-refractivity contribution is 6.12. The molecule has 1 heterocycles. The molecule has 7 heteroatoms. The molecule has 1 aliphatic heterocycles. The molecule has 0 aromatic heterocycles. The number of hydrogen-bond donors (Lipinski definition) is 0. The zero-order valence-corrected chi connectivity index (χ0v) is 15.4. The van der Waals surface area contributed by atoms with Gasteiger partial charge >= 0.3 is 12.1 Å². The summed E-state index contributed by atoms with van der Waals surface area (Å²) in [4.78, 5) is 16.2. The van der Waals surface area contributed by atoms with E-state index in [4.69, 9.17) is 9.47 Å². The number of aliphatic imine (C=N–C) groups is 1. The topological polar surface area (TPSA) is 47.9 Å². The van der Waals surface area contributed by atoms with Crippen LogP contribution in [0, 0.1) is 0 Å². The summed E-state index contributed by atoms with van der Waals surface area (Å²) >= 11 is 0. The minimum atomic E-state index is -4.44. The maximum Gasteiger partial charge on any atom is 0.416 e. The molecule has 0 fully saturated rings. The van der Waals surface area contributed by atoms with E-state index in [0.717, 1.165) is 12.1 Å². The van der Waals surface area contributed by atoms with Crippen molar-refractivity contribution in [1.29, 1.82) is 0 Å². The number of halogens is 3. The van der Waals surface area contributed by atoms with Crippen molar-refractivity contribution in [1.82, 2.24) is 0 Å². The Labute approximate surface area is 169 Å². The van der Waals surface area contributed by atoms with Gasteiger partial charge in [-0.25, -0.2) is 9.79 Å². The quantitative estimate of drug-likeness (QED) is 0.402. The van der Waals surface area contributed by atoms with Gasteiger partial charge in [-0.05, 0) is 60.2 Å². The summed E-state index contributed by atoms with van der Waals surface area (Å²) in [5, 5.41) is 0. The Morgan fingerprint density at radius 3 is 2.10 bits per heavy atom. The Balaban J connectivity index is 1.51. The SMILES string of the molecule is O=C1OC(c2ccc(C(F)(F)F)cc2)=N/C1=C/c1ccc(Oc2ccccc2)cc1. The summed E-state index contributed by atoms with van der Waals surface area (Å²) in [7, 11) is 0. The number of carbonyl (C=O) groups excluding carboxylic acids is 1. The molecule has 4 rings (SSSR count). The van der Waals surface area contributed by atoms with Crippen molar-refractivity contribution in [2.24, 2.45) is 4.99 Å². The third-order valence-electron chi connectivity index (χ3n) is 4.24. The third kappa shape index (κ3) is 4.41. The molecule has 30 heavy (non-hydrogen) atoms. The average molecular weight is 409 g/mol. The second kappa shape index (κ2) is 7.87. The number of esters is 1. The van der Waals surface area contributed by atoms with Crippen LogP contribution in [0.5, 0.6) is 11.5 Å². The molecule has 0 radical (unpaired) electrons. The van der Waals surface area contributed by atoms with Gasteiger partial charge in [0.25, 0.3) is 0 Å². The maximum absolute atomic E-state index is 12.7. The van der Waals surface area contributed by atoms with Gasteiger partial charge in [0.2, 0.25) is 5.90 Å². The van der Waals surface area contributed by atoms with Crippen LogP contribution < -0.4 is 4.74 Å². The Morgan fingerprint density at radius 2 is 1.47 bits per heavy atom. The van der Waals surface area contributed by atoms with Crippen molar-refractivity contribution >= 4 is 17.9 Å². The van der Waals surface area contributed by atoms with Crippen LogP contribution in [0.3, 0.4) is 0 Å². The molecule has 0 aliphatic carbocycles. The lowest BCUT2D eigenvalue weighted by Crippen LogP contribution is -2.08. The van der Waals surface area contributed by atoms with Crippen LogP contribution in [-0.2, 0) is 15.7 Å². The molecular weight excluding hydrogens is 395 g/mol. The Bertz CT molecular complexity index is 1120. The van der Waals surface area contributed by atoms with Gasteiger partial charge < -0.3 is 9.47 Å². The summed E-state index contributed by atoms with van der Waals surface area (Å²) in [6, 6.07) is 20.6. The van der Waals surface area contributed by atoms with Crippen molar-refractivity contribution in [2.45, 2.75) is 6.18 Å². The zero-order valence-electron chi connectivity index (χ0n) is 15.4. The van der Waals surface area contributed by atoms with E-state index in [0.29, 0.717) is 17.1 Å². The van der Waals surface area contributed by atoms with E-state index in [2.05, 4.69) is 4.99 Å². The average Bonchev–Trinajstić information content (AvgIpc) is 3.10. The summed E-state index contributed by atoms with van der Waals surface area (Å²) in [5.74, 6) is 0.624. The highest BCUT2D eigenvalue weighted by Crippen LogP contribution is 2.30. The lowest BCUT2D eigenvalue weighted by Gasteiger charge is -2.06. The van der Waals surface area contributed by atoms with Crippen LogP contribution >= 0.6 is 0 Å². The molecule has 0 amide bonds. The number of benzene rings is 3. The number of hydrogen-bond acceptors (Lipinski definition) is 4. The first kappa shape index (κ1) is 19.4. The van der Waals surface area contributed by atoms with Gasteiger partial charge in [-0.15, -0.1) is 0 Å². The molecule has 3 aromatic carbocycles. The lowest BCUT2D eigenvalue weighted by atomic mass is 10.1. The fourth-order valence-electron chi connectivity index (χ4n) is 2.75. The fourth-order valence-corrected chi connectivity index (χ4v) is 2.75. The van der Waals surface area contributed by atoms with E-state index >= 15 is 0 Å². The molecular formula is C23H14F3NO3. The second-order valence-corrected chi connectivity index (χ2v) is 6.40. The molecule has 0 unspecified atom stereocenters. The Kier molecular flexibility index (Phi) is 5.10. The molecule has 150 valence electrons.